The first kappa shape index (κ1) is 13.8. The third-order valence-corrected chi connectivity index (χ3v) is 4.63. The Morgan fingerprint density at radius 3 is 2.78 bits per heavy atom. The van der Waals surface area contributed by atoms with Crippen LogP contribution in [-0.2, 0) is 9.53 Å². The number of carbonyl (C=O) groups is 1. The van der Waals surface area contributed by atoms with E-state index in [0.29, 0.717) is 24.5 Å². The fourth-order valence-corrected chi connectivity index (χ4v) is 3.09. The van der Waals surface area contributed by atoms with Gasteiger partial charge in [-0.2, -0.15) is 0 Å². The van der Waals surface area contributed by atoms with Gasteiger partial charge in [-0.05, 0) is 25.2 Å². The van der Waals surface area contributed by atoms with Crippen molar-refractivity contribution in [2.45, 2.75) is 58.2 Å². The van der Waals surface area contributed by atoms with Crippen molar-refractivity contribution in [3.05, 3.63) is 0 Å². The van der Waals surface area contributed by atoms with E-state index >= 15 is 0 Å². The van der Waals surface area contributed by atoms with Gasteiger partial charge in [0.2, 0.25) is 5.91 Å². The van der Waals surface area contributed by atoms with Crippen molar-refractivity contribution in [3.8, 4) is 0 Å². The molecule has 1 amide bonds. The molecule has 3 unspecified atom stereocenters. The van der Waals surface area contributed by atoms with Crippen molar-refractivity contribution >= 4 is 5.91 Å². The first-order chi connectivity index (χ1) is 8.59. The van der Waals surface area contributed by atoms with E-state index in [-0.39, 0.29) is 18.1 Å². The quantitative estimate of drug-likeness (QED) is 0.781. The normalized spacial score (nSPS) is 41.4. The van der Waals surface area contributed by atoms with Crippen molar-refractivity contribution < 1.29 is 9.53 Å². The molecule has 1 aliphatic heterocycles. The average Bonchev–Trinajstić information content (AvgIpc) is 2.35. The van der Waals surface area contributed by atoms with Crippen LogP contribution in [0.4, 0.5) is 0 Å². The summed E-state index contributed by atoms with van der Waals surface area (Å²) >= 11 is 0. The van der Waals surface area contributed by atoms with Gasteiger partial charge in [0.25, 0.3) is 0 Å². The molecule has 2 N–H and O–H groups in total. The molecule has 2 aliphatic rings. The first-order valence-corrected chi connectivity index (χ1v) is 7.25. The molecule has 18 heavy (non-hydrogen) atoms. The Labute approximate surface area is 110 Å². The molecule has 2 fully saturated rings. The molecule has 1 aliphatic carbocycles. The number of hydrogen-bond donors (Lipinski definition) is 2. The Bertz CT molecular complexity index is 296. The number of nitrogens with one attached hydrogen (secondary N) is 2. The molecule has 2 rings (SSSR count). The van der Waals surface area contributed by atoms with Crippen molar-refractivity contribution in [3.63, 3.8) is 0 Å². The molecule has 1 heterocycles. The highest BCUT2D eigenvalue weighted by Crippen LogP contribution is 2.29. The zero-order valence-corrected chi connectivity index (χ0v) is 11.7. The van der Waals surface area contributed by atoms with Crippen molar-refractivity contribution in [1.29, 1.82) is 0 Å². The second-order valence-corrected chi connectivity index (χ2v) is 5.89. The monoisotopic (exact) mass is 254 g/mol. The number of amides is 1. The number of morpholine rings is 1. The molecular formula is C14H26N2O2. The van der Waals surface area contributed by atoms with E-state index in [4.69, 9.17) is 4.74 Å². The summed E-state index contributed by atoms with van der Waals surface area (Å²) in [5.41, 5.74) is 0. The minimum absolute atomic E-state index is 0.0323. The standard InChI is InChI=1S/C14H26N2O2/c1-9-5-4-6-12(10(9)2)16-14(17)13-11(3)18-8-7-15-13/h9-13,15H,4-8H2,1-3H3,(H,16,17)/t9?,10?,11-,12?,13+/m1/s1. The molecule has 104 valence electrons. The lowest BCUT2D eigenvalue weighted by atomic mass is 9.78. The molecule has 5 atom stereocenters. The molecule has 0 radical (unpaired) electrons. The summed E-state index contributed by atoms with van der Waals surface area (Å²) in [5.74, 6) is 1.38. The zero-order chi connectivity index (χ0) is 13.1. The van der Waals surface area contributed by atoms with Crippen molar-refractivity contribution in [1.82, 2.24) is 10.6 Å². The van der Waals surface area contributed by atoms with Gasteiger partial charge in [-0.3, -0.25) is 4.79 Å². The molecule has 1 saturated carbocycles. The van der Waals surface area contributed by atoms with Crippen LogP contribution in [0.1, 0.15) is 40.0 Å². The Hall–Kier alpha value is -0.610. The van der Waals surface area contributed by atoms with E-state index in [2.05, 4.69) is 24.5 Å². The smallest absolute Gasteiger partial charge is 0.240 e. The van der Waals surface area contributed by atoms with Gasteiger partial charge in [-0.15, -0.1) is 0 Å². The van der Waals surface area contributed by atoms with Crippen LogP contribution in [0.5, 0.6) is 0 Å². The molecule has 4 nitrogen and oxygen atoms in total. The number of rotatable bonds is 2. The van der Waals surface area contributed by atoms with Gasteiger partial charge in [0, 0.05) is 12.6 Å². The van der Waals surface area contributed by atoms with Gasteiger partial charge < -0.3 is 15.4 Å². The highest BCUT2D eigenvalue weighted by molar-refractivity contribution is 5.82. The first-order valence-electron chi connectivity index (χ1n) is 7.25. The van der Waals surface area contributed by atoms with Crippen LogP contribution in [0.15, 0.2) is 0 Å². The third-order valence-electron chi connectivity index (χ3n) is 4.63. The van der Waals surface area contributed by atoms with Gasteiger partial charge in [0.15, 0.2) is 0 Å². The Balaban J connectivity index is 1.89. The third kappa shape index (κ3) is 3.04. The van der Waals surface area contributed by atoms with E-state index in [1.54, 1.807) is 0 Å². The fraction of sp³-hybridized carbons (Fsp3) is 0.929. The molecule has 0 aromatic rings. The summed E-state index contributed by atoms with van der Waals surface area (Å²) in [6, 6.07) is 0.139. The van der Waals surface area contributed by atoms with Crippen LogP contribution >= 0.6 is 0 Å². The lowest BCUT2D eigenvalue weighted by Crippen LogP contribution is -2.58. The topological polar surface area (TPSA) is 50.4 Å². The molecule has 0 aromatic carbocycles. The lowest BCUT2D eigenvalue weighted by molar-refractivity contribution is -0.130. The minimum atomic E-state index is -0.191. The Kier molecular flexibility index (Phi) is 4.62. The summed E-state index contributed by atoms with van der Waals surface area (Å²) in [7, 11) is 0. The molecule has 4 heteroatoms. The predicted octanol–water partition coefficient (Wildman–Crippen LogP) is 1.30. The van der Waals surface area contributed by atoms with E-state index in [9.17, 15) is 4.79 Å². The molecule has 0 spiro atoms. The number of hydrogen-bond acceptors (Lipinski definition) is 3. The fourth-order valence-electron chi connectivity index (χ4n) is 3.09. The second-order valence-electron chi connectivity index (χ2n) is 5.89. The number of carbonyl (C=O) groups excluding carboxylic acids is 1. The molecule has 0 bridgehead atoms. The minimum Gasteiger partial charge on any atom is -0.375 e. The van der Waals surface area contributed by atoms with E-state index in [0.717, 1.165) is 13.0 Å². The summed E-state index contributed by atoms with van der Waals surface area (Å²) in [4.78, 5) is 12.3. The maximum absolute atomic E-state index is 12.3. The highest BCUT2D eigenvalue weighted by atomic mass is 16.5. The number of ether oxygens (including phenoxy) is 1. The maximum atomic E-state index is 12.3. The van der Waals surface area contributed by atoms with Crippen LogP contribution in [0, 0.1) is 11.8 Å². The highest BCUT2D eigenvalue weighted by Gasteiger charge is 2.33. The van der Waals surface area contributed by atoms with Gasteiger partial charge in [-0.25, -0.2) is 0 Å². The van der Waals surface area contributed by atoms with Crippen LogP contribution in [-0.4, -0.2) is 37.2 Å². The second kappa shape index (κ2) is 6.02. The van der Waals surface area contributed by atoms with Crippen molar-refractivity contribution in [2.75, 3.05) is 13.2 Å². The van der Waals surface area contributed by atoms with Crippen LogP contribution in [0.2, 0.25) is 0 Å². The predicted molar refractivity (Wildman–Crippen MR) is 71.3 cm³/mol. The van der Waals surface area contributed by atoms with Gasteiger partial charge >= 0.3 is 0 Å². The summed E-state index contributed by atoms with van der Waals surface area (Å²) in [6.07, 6.45) is 3.59. The zero-order valence-electron chi connectivity index (χ0n) is 11.7. The van der Waals surface area contributed by atoms with E-state index in [1.165, 1.54) is 12.8 Å². The Morgan fingerprint density at radius 1 is 1.28 bits per heavy atom. The van der Waals surface area contributed by atoms with Gasteiger partial charge in [0.1, 0.15) is 6.04 Å². The van der Waals surface area contributed by atoms with E-state index in [1.807, 2.05) is 6.92 Å². The molecule has 0 aromatic heterocycles. The van der Waals surface area contributed by atoms with E-state index < -0.39 is 0 Å². The summed E-state index contributed by atoms with van der Waals surface area (Å²) < 4.78 is 5.53. The molecule has 1 saturated heterocycles. The Morgan fingerprint density at radius 2 is 2.06 bits per heavy atom. The SMILES string of the molecule is CC1CCCC(NC(=O)[C@H]2NCCO[C@@H]2C)C1C. The van der Waals surface area contributed by atoms with Crippen LogP contribution in [0.25, 0.3) is 0 Å². The largest absolute Gasteiger partial charge is 0.375 e. The molecular weight excluding hydrogens is 228 g/mol. The van der Waals surface area contributed by atoms with Gasteiger partial charge in [-0.1, -0.05) is 26.7 Å². The van der Waals surface area contributed by atoms with Crippen molar-refractivity contribution in [2.24, 2.45) is 11.8 Å². The maximum Gasteiger partial charge on any atom is 0.240 e. The van der Waals surface area contributed by atoms with Gasteiger partial charge in [0.05, 0.1) is 12.7 Å². The van der Waals surface area contributed by atoms with Crippen LogP contribution in [0.3, 0.4) is 0 Å². The summed E-state index contributed by atoms with van der Waals surface area (Å²) in [6.45, 7) is 7.96. The summed E-state index contributed by atoms with van der Waals surface area (Å²) in [5, 5.41) is 6.46. The van der Waals surface area contributed by atoms with Crippen LogP contribution < -0.4 is 10.6 Å². The lowest BCUT2D eigenvalue weighted by Gasteiger charge is -2.37. The average molecular weight is 254 g/mol.